The Hall–Kier alpha value is -1.32. The normalized spacial score (nSPS) is 19.2. The lowest BCUT2D eigenvalue weighted by Crippen LogP contribution is -2.37. The molecule has 1 amide bonds. The summed E-state index contributed by atoms with van der Waals surface area (Å²) >= 11 is 0. The second-order valence-electron chi connectivity index (χ2n) is 4.58. The third kappa shape index (κ3) is 5.84. The minimum atomic E-state index is -0.425. The van der Waals surface area contributed by atoms with E-state index >= 15 is 0 Å². The van der Waals surface area contributed by atoms with Gasteiger partial charge in [0.15, 0.2) is 0 Å². The number of hydrogen-bond acceptors (Lipinski definition) is 3. The Bertz CT molecular complexity index is 299. The third-order valence-electron chi connectivity index (χ3n) is 2.95. The van der Waals surface area contributed by atoms with Crippen LogP contribution in [0.25, 0.3) is 0 Å². The number of cyclic esters (lactones) is 1. The van der Waals surface area contributed by atoms with Gasteiger partial charge in [0.2, 0.25) is 5.91 Å². The van der Waals surface area contributed by atoms with Gasteiger partial charge in [0, 0.05) is 12.8 Å². The van der Waals surface area contributed by atoms with E-state index in [0.717, 1.165) is 12.8 Å². The van der Waals surface area contributed by atoms with Crippen molar-refractivity contribution in [1.82, 2.24) is 5.32 Å². The zero-order valence-electron chi connectivity index (χ0n) is 11.1. The van der Waals surface area contributed by atoms with Crippen LogP contribution in [0, 0.1) is 0 Å². The monoisotopic (exact) mass is 253 g/mol. The fraction of sp³-hybridized carbons (Fsp3) is 0.714. The fourth-order valence-corrected chi connectivity index (χ4v) is 1.86. The number of nitrogens with one attached hydrogen (secondary N) is 1. The lowest BCUT2D eigenvalue weighted by molar-refractivity contribution is -0.141. The van der Waals surface area contributed by atoms with E-state index in [1.165, 1.54) is 19.3 Å². The predicted molar refractivity (Wildman–Crippen MR) is 70.0 cm³/mol. The van der Waals surface area contributed by atoms with Crippen molar-refractivity contribution >= 4 is 11.9 Å². The van der Waals surface area contributed by atoms with E-state index in [1.807, 2.05) is 6.08 Å². The van der Waals surface area contributed by atoms with Gasteiger partial charge < -0.3 is 10.1 Å². The summed E-state index contributed by atoms with van der Waals surface area (Å²) in [6, 6.07) is -0.425. The quantitative estimate of drug-likeness (QED) is 0.410. The highest BCUT2D eigenvalue weighted by Crippen LogP contribution is 2.06. The largest absolute Gasteiger partial charge is 0.464 e. The highest BCUT2D eigenvalue weighted by molar-refractivity contribution is 5.85. The van der Waals surface area contributed by atoms with Gasteiger partial charge in [-0.25, -0.2) is 4.79 Å². The summed E-state index contributed by atoms with van der Waals surface area (Å²) in [6.45, 7) is 2.60. The smallest absolute Gasteiger partial charge is 0.328 e. The average Bonchev–Trinajstić information content (AvgIpc) is 2.74. The van der Waals surface area contributed by atoms with Crippen LogP contribution in [0.1, 0.15) is 51.9 Å². The lowest BCUT2D eigenvalue weighted by atomic mass is 10.2. The zero-order valence-corrected chi connectivity index (χ0v) is 11.1. The molecule has 0 aliphatic carbocycles. The molecule has 1 rings (SSSR count). The summed E-state index contributed by atoms with van der Waals surface area (Å²) in [6.07, 6.45) is 10.7. The topological polar surface area (TPSA) is 55.4 Å². The number of carbonyl (C=O) groups excluding carboxylic acids is 2. The highest BCUT2D eigenvalue weighted by atomic mass is 16.5. The van der Waals surface area contributed by atoms with Crippen LogP contribution in [-0.4, -0.2) is 24.5 Å². The summed E-state index contributed by atoms with van der Waals surface area (Å²) in [7, 11) is 0. The van der Waals surface area contributed by atoms with E-state index in [9.17, 15) is 9.59 Å². The number of allylic oxidation sites excluding steroid dienone is 2. The van der Waals surface area contributed by atoms with E-state index in [-0.39, 0.29) is 11.9 Å². The lowest BCUT2D eigenvalue weighted by Gasteiger charge is -2.07. The molecule has 0 unspecified atom stereocenters. The van der Waals surface area contributed by atoms with E-state index in [1.54, 1.807) is 0 Å². The van der Waals surface area contributed by atoms with Crippen LogP contribution in [0.2, 0.25) is 0 Å². The second-order valence-corrected chi connectivity index (χ2v) is 4.58. The van der Waals surface area contributed by atoms with Crippen molar-refractivity contribution < 1.29 is 14.3 Å². The number of unbranched alkanes of at least 4 members (excludes halogenated alkanes) is 3. The van der Waals surface area contributed by atoms with Gasteiger partial charge in [0.25, 0.3) is 0 Å². The molecular formula is C14H23NO3. The molecule has 102 valence electrons. The average molecular weight is 253 g/mol. The third-order valence-corrected chi connectivity index (χ3v) is 2.95. The molecule has 0 radical (unpaired) electrons. The van der Waals surface area contributed by atoms with Crippen LogP contribution in [0.5, 0.6) is 0 Å². The number of hydrogen-bond donors (Lipinski definition) is 1. The maximum absolute atomic E-state index is 11.5. The summed E-state index contributed by atoms with van der Waals surface area (Å²) in [4.78, 5) is 22.7. The SMILES string of the molecule is CCCCC/C=C\CCC(=O)N[C@H]1CCOC1=O. The zero-order chi connectivity index (χ0) is 13.2. The Labute approximate surface area is 109 Å². The van der Waals surface area contributed by atoms with Crippen LogP contribution >= 0.6 is 0 Å². The molecule has 0 aromatic carbocycles. The van der Waals surface area contributed by atoms with Crippen LogP contribution in [0.4, 0.5) is 0 Å². The van der Waals surface area contributed by atoms with Gasteiger partial charge >= 0.3 is 5.97 Å². The summed E-state index contributed by atoms with van der Waals surface area (Å²) in [5.41, 5.74) is 0. The van der Waals surface area contributed by atoms with Crippen LogP contribution in [-0.2, 0) is 14.3 Å². The Morgan fingerprint density at radius 2 is 2.17 bits per heavy atom. The molecule has 18 heavy (non-hydrogen) atoms. The Morgan fingerprint density at radius 3 is 2.83 bits per heavy atom. The fourth-order valence-electron chi connectivity index (χ4n) is 1.86. The van der Waals surface area contributed by atoms with Crippen molar-refractivity contribution in [3.05, 3.63) is 12.2 Å². The minimum Gasteiger partial charge on any atom is -0.464 e. The first-order valence-electron chi connectivity index (χ1n) is 6.85. The maximum Gasteiger partial charge on any atom is 0.328 e. The summed E-state index contributed by atoms with van der Waals surface area (Å²) < 4.78 is 4.78. The number of amides is 1. The van der Waals surface area contributed by atoms with Crippen LogP contribution < -0.4 is 5.32 Å². The molecule has 1 fully saturated rings. The highest BCUT2D eigenvalue weighted by Gasteiger charge is 2.27. The second kappa shape index (κ2) is 8.72. The molecule has 0 aromatic heterocycles. The van der Waals surface area contributed by atoms with Gasteiger partial charge in [-0.05, 0) is 19.3 Å². The molecular weight excluding hydrogens is 230 g/mol. The standard InChI is InChI=1S/C14H23NO3/c1-2-3-4-5-6-7-8-9-13(16)15-12-10-11-18-14(12)17/h6-7,12H,2-5,8-11H2,1H3,(H,15,16)/b7-6-/t12-/m0/s1. The number of rotatable bonds is 8. The Balaban J connectivity index is 2.04. The molecule has 4 nitrogen and oxygen atoms in total. The van der Waals surface area contributed by atoms with Crippen molar-refractivity contribution in [3.8, 4) is 0 Å². The van der Waals surface area contributed by atoms with E-state index in [2.05, 4.69) is 18.3 Å². The molecule has 0 bridgehead atoms. The minimum absolute atomic E-state index is 0.0722. The van der Waals surface area contributed by atoms with E-state index in [0.29, 0.717) is 19.4 Å². The number of ether oxygens (including phenoxy) is 1. The Morgan fingerprint density at radius 1 is 1.39 bits per heavy atom. The van der Waals surface area contributed by atoms with Crippen molar-refractivity contribution in [2.75, 3.05) is 6.61 Å². The van der Waals surface area contributed by atoms with Gasteiger partial charge in [-0.3, -0.25) is 4.79 Å². The maximum atomic E-state index is 11.5. The van der Waals surface area contributed by atoms with Crippen molar-refractivity contribution in [1.29, 1.82) is 0 Å². The van der Waals surface area contributed by atoms with Gasteiger partial charge in [-0.1, -0.05) is 31.9 Å². The molecule has 1 saturated heterocycles. The van der Waals surface area contributed by atoms with Gasteiger partial charge in [0.05, 0.1) is 6.61 Å². The first kappa shape index (κ1) is 14.7. The molecule has 1 aliphatic rings. The van der Waals surface area contributed by atoms with Gasteiger partial charge in [0.1, 0.15) is 6.04 Å². The van der Waals surface area contributed by atoms with Crippen molar-refractivity contribution in [3.63, 3.8) is 0 Å². The first-order valence-corrected chi connectivity index (χ1v) is 6.85. The van der Waals surface area contributed by atoms with E-state index < -0.39 is 6.04 Å². The molecule has 1 aliphatic heterocycles. The van der Waals surface area contributed by atoms with Gasteiger partial charge in [-0.15, -0.1) is 0 Å². The number of esters is 1. The molecule has 1 N–H and O–H groups in total. The predicted octanol–water partition coefficient (Wildman–Crippen LogP) is 2.33. The van der Waals surface area contributed by atoms with Crippen LogP contribution in [0.15, 0.2) is 12.2 Å². The van der Waals surface area contributed by atoms with E-state index in [4.69, 9.17) is 4.74 Å². The van der Waals surface area contributed by atoms with Crippen LogP contribution in [0.3, 0.4) is 0 Å². The number of carbonyl (C=O) groups is 2. The molecule has 1 heterocycles. The summed E-state index contributed by atoms with van der Waals surface area (Å²) in [5, 5.41) is 2.69. The molecule has 0 spiro atoms. The first-order chi connectivity index (χ1) is 8.74. The molecule has 4 heteroatoms. The molecule has 0 aromatic rings. The Kier molecular flexibility index (Phi) is 7.14. The van der Waals surface area contributed by atoms with Gasteiger partial charge in [-0.2, -0.15) is 0 Å². The molecule has 0 saturated carbocycles. The summed E-state index contributed by atoms with van der Waals surface area (Å²) in [5.74, 6) is -0.379. The van der Waals surface area contributed by atoms with Crippen molar-refractivity contribution in [2.24, 2.45) is 0 Å². The van der Waals surface area contributed by atoms with Crippen molar-refractivity contribution in [2.45, 2.75) is 57.9 Å². The molecule has 1 atom stereocenters.